The maximum atomic E-state index is 12.0. The van der Waals surface area contributed by atoms with Gasteiger partial charge in [-0.2, -0.15) is 0 Å². The summed E-state index contributed by atoms with van der Waals surface area (Å²) in [6, 6.07) is 12.7. The summed E-state index contributed by atoms with van der Waals surface area (Å²) in [6.45, 7) is 1.59. The third-order valence-electron chi connectivity index (χ3n) is 3.71. The Bertz CT molecular complexity index is 1030. The molecule has 0 aliphatic carbocycles. The van der Waals surface area contributed by atoms with Crippen LogP contribution in [0.25, 0.3) is 17.5 Å². The van der Waals surface area contributed by atoms with Crippen LogP contribution in [0.3, 0.4) is 0 Å². The van der Waals surface area contributed by atoms with Gasteiger partial charge < -0.3 is 9.15 Å². The van der Waals surface area contributed by atoms with E-state index in [-0.39, 0.29) is 17.5 Å². The van der Waals surface area contributed by atoms with Gasteiger partial charge in [0.25, 0.3) is 11.6 Å². The highest BCUT2D eigenvalue weighted by atomic mass is 35.5. The first-order valence-corrected chi connectivity index (χ1v) is 8.53. The SMILES string of the molecule is C[C@@H](OC(=O)/C=C/c1ccccc1Cl)c1nnc(-c2ccc([N+](=O)[O-])cc2)o1. The van der Waals surface area contributed by atoms with Crippen molar-refractivity contribution in [2.24, 2.45) is 0 Å². The van der Waals surface area contributed by atoms with Crippen LogP contribution in [-0.4, -0.2) is 21.1 Å². The van der Waals surface area contributed by atoms with E-state index in [9.17, 15) is 14.9 Å². The summed E-state index contributed by atoms with van der Waals surface area (Å²) in [7, 11) is 0. The van der Waals surface area contributed by atoms with E-state index in [0.717, 1.165) is 0 Å². The Morgan fingerprint density at radius 2 is 1.93 bits per heavy atom. The van der Waals surface area contributed by atoms with Gasteiger partial charge in [0.1, 0.15) is 0 Å². The zero-order chi connectivity index (χ0) is 20.1. The largest absolute Gasteiger partial charge is 0.449 e. The van der Waals surface area contributed by atoms with Crippen LogP contribution in [0, 0.1) is 10.1 Å². The molecule has 8 nitrogen and oxygen atoms in total. The predicted molar refractivity (Wildman–Crippen MR) is 101 cm³/mol. The summed E-state index contributed by atoms with van der Waals surface area (Å²) in [5, 5.41) is 19.0. The lowest BCUT2D eigenvalue weighted by Gasteiger charge is -2.06. The molecule has 0 N–H and O–H groups in total. The number of nitro groups is 1. The molecule has 142 valence electrons. The fourth-order valence-corrected chi connectivity index (χ4v) is 2.47. The normalized spacial score (nSPS) is 12.1. The quantitative estimate of drug-likeness (QED) is 0.257. The second kappa shape index (κ2) is 8.45. The number of hydrogen-bond acceptors (Lipinski definition) is 7. The number of carbonyl (C=O) groups is 1. The zero-order valence-electron chi connectivity index (χ0n) is 14.6. The van der Waals surface area contributed by atoms with Gasteiger partial charge in [0.15, 0.2) is 6.10 Å². The molecule has 28 heavy (non-hydrogen) atoms. The maximum Gasteiger partial charge on any atom is 0.331 e. The molecule has 3 rings (SSSR count). The maximum absolute atomic E-state index is 12.0. The van der Waals surface area contributed by atoms with Crippen molar-refractivity contribution in [1.29, 1.82) is 0 Å². The van der Waals surface area contributed by atoms with Crippen LogP contribution in [0.4, 0.5) is 5.69 Å². The zero-order valence-corrected chi connectivity index (χ0v) is 15.4. The fraction of sp³-hybridized carbons (Fsp3) is 0.105. The van der Waals surface area contributed by atoms with Crippen molar-refractivity contribution < 1.29 is 18.9 Å². The van der Waals surface area contributed by atoms with Crippen LogP contribution in [0.15, 0.2) is 59.0 Å². The topological polar surface area (TPSA) is 108 Å². The molecular weight excluding hydrogens is 386 g/mol. The van der Waals surface area contributed by atoms with Gasteiger partial charge in [0, 0.05) is 28.8 Å². The van der Waals surface area contributed by atoms with Crippen LogP contribution in [0.2, 0.25) is 5.02 Å². The van der Waals surface area contributed by atoms with Gasteiger partial charge in [-0.1, -0.05) is 29.8 Å². The molecule has 2 aromatic carbocycles. The van der Waals surface area contributed by atoms with E-state index in [1.807, 2.05) is 0 Å². The second-order valence-electron chi connectivity index (χ2n) is 5.68. The number of rotatable bonds is 6. The van der Waals surface area contributed by atoms with E-state index in [0.29, 0.717) is 16.1 Å². The van der Waals surface area contributed by atoms with Crippen molar-refractivity contribution in [1.82, 2.24) is 10.2 Å². The van der Waals surface area contributed by atoms with Crippen LogP contribution in [0.5, 0.6) is 0 Å². The van der Waals surface area contributed by atoms with Crippen molar-refractivity contribution in [3.63, 3.8) is 0 Å². The van der Waals surface area contributed by atoms with Crippen LogP contribution < -0.4 is 0 Å². The summed E-state index contributed by atoms with van der Waals surface area (Å²) in [6.07, 6.45) is 2.03. The molecule has 0 saturated heterocycles. The Kier molecular flexibility index (Phi) is 5.81. The van der Waals surface area contributed by atoms with Gasteiger partial charge in [0.05, 0.1) is 4.92 Å². The minimum absolute atomic E-state index is 0.0453. The fourth-order valence-electron chi connectivity index (χ4n) is 2.27. The van der Waals surface area contributed by atoms with E-state index < -0.39 is 17.0 Å². The van der Waals surface area contributed by atoms with Crippen LogP contribution >= 0.6 is 11.6 Å². The molecule has 0 fully saturated rings. The average Bonchev–Trinajstić information content (AvgIpc) is 3.18. The third kappa shape index (κ3) is 4.60. The molecule has 9 heteroatoms. The van der Waals surface area contributed by atoms with Gasteiger partial charge in [0.2, 0.25) is 5.89 Å². The van der Waals surface area contributed by atoms with E-state index in [2.05, 4.69) is 10.2 Å². The number of aromatic nitrogens is 2. The van der Waals surface area contributed by atoms with Gasteiger partial charge >= 0.3 is 5.97 Å². The van der Waals surface area contributed by atoms with E-state index in [1.54, 1.807) is 37.3 Å². The van der Waals surface area contributed by atoms with Crippen molar-refractivity contribution >= 4 is 29.3 Å². The number of benzene rings is 2. The Balaban J connectivity index is 1.65. The predicted octanol–water partition coefficient (Wildman–Crippen LogP) is 4.62. The van der Waals surface area contributed by atoms with Gasteiger partial charge in [-0.05, 0) is 36.8 Å². The molecule has 0 aliphatic rings. The molecule has 0 saturated carbocycles. The molecule has 0 amide bonds. The van der Waals surface area contributed by atoms with Crippen molar-refractivity contribution in [3.8, 4) is 11.5 Å². The number of hydrogen-bond donors (Lipinski definition) is 0. The second-order valence-corrected chi connectivity index (χ2v) is 6.09. The summed E-state index contributed by atoms with van der Waals surface area (Å²) in [4.78, 5) is 22.2. The van der Waals surface area contributed by atoms with Crippen molar-refractivity contribution in [3.05, 3.63) is 81.2 Å². The molecule has 0 unspecified atom stereocenters. The first kappa shape index (κ1) is 19.2. The van der Waals surface area contributed by atoms with Crippen LogP contribution in [0.1, 0.15) is 24.5 Å². The first-order chi connectivity index (χ1) is 13.4. The van der Waals surface area contributed by atoms with Gasteiger partial charge in [-0.15, -0.1) is 10.2 Å². The Morgan fingerprint density at radius 3 is 2.61 bits per heavy atom. The Hall–Kier alpha value is -3.52. The average molecular weight is 400 g/mol. The van der Waals surface area contributed by atoms with E-state index in [1.165, 1.54) is 30.3 Å². The summed E-state index contributed by atoms with van der Waals surface area (Å²) >= 11 is 6.02. The summed E-state index contributed by atoms with van der Waals surface area (Å²) < 4.78 is 10.7. The minimum Gasteiger partial charge on any atom is -0.449 e. The minimum atomic E-state index is -0.775. The van der Waals surface area contributed by atoms with Gasteiger partial charge in [-0.25, -0.2) is 4.79 Å². The lowest BCUT2D eigenvalue weighted by Crippen LogP contribution is -2.06. The molecule has 3 aromatic rings. The Labute approximate surface area is 164 Å². The number of non-ortho nitro benzene ring substituents is 1. The third-order valence-corrected chi connectivity index (χ3v) is 4.05. The molecule has 1 heterocycles. The number of esters is 1. The molecular formula is C19H14ClN3O5. The number of halogens is 1. The molecule has 0 radical (unpaired) electrons. The molecule has 0 bridgehead atoms. The van der Waals surface area contributed by atoms with Gasteiger partial charge in [-0.3, -0.25) is 10.1 Å². The molecule has 0 aliphatic heterocycles. The van der Waals surface area contributed by atoms with Crippen molar-refractivity contribution in [2.75, 3.05) is 0 Å². The van der Waals surface area contributed by atoms with E-state index >= 15 is 0 Å². The summed E-state index contributed by atoms with van der Waals surface area (Å²) in [5.74, 6) is -0.324. The standard InChI is InChI=1S/C19H14ClN3O5/c1-12(27-17(24)11-8-13-4-2-3-5-16(13)20)18-21-22-19(28-18)14-6-9-15(10-7-14)23(25)26/h2-12H,1H3/b11-8+/t12-/m1/s1. The molecule has 1 atom stereocenters. The number of ether oxygens (including phenoxy) is 1. The van der Waals surface area contributed by atoms with E-state index in [4.69, 9.17) is 20.8 Å². The highest BCUT2D eigenvalue weighted by Gasteiger charge is 2.18. The Morgan fingerprint density at radius 1 is 1.21 bits per heavy atom. The first-order valence-electron chi connectivity index (χ1n) is 8.15. The van der Waals surface area contributed by atoms with Crippen molar-refractivity contribution in [2.45, 2.75) is 13.0 Å². The number of nitro benzene ring substituents is 1. The highest BCUT2D eigenvalue weighted by Crippen LogP contribution is 2.24. The monoisotopic (exact) mass is 399 g/mol. The highest BCUT2D eigenvalue weighted by molar-refractivity contribution is 6.32. The summed E-state index contributed by atoms with van der Waals surface area (Å²) in [5.41, 5.74) is 1.16. The number of nitrogens with zero attached hydrogens (tertiary/aromatic N) is 3. The lowest BCUT2D eigenvalue weighted by molar-refractivity contribution is -0.384. The lowest BCUT2D eigenvalue weighted by atomic mass is 10.2. The number of carbonyl (C=O) groups excluding carboxylic acids is 1. The molecule has 0 spiro atoms. The smallest absolute Gasteiger partial charge is 0.331 e. The molecule has 1 aromatic heterocycles. The van der Waals surface area contributed by atoms with Crippen LogP contribution in [-0.2, 0) is 9.53 Å².